The average molecular weight is 296 g/mol. The van der Waals surface area contributed by atoms with Gasteiger partial charge in [-0.25, -0.2) is 8.42 Å². The van der Waals surface area contributed by atoms with Crippen molar-refractivity contribution in [1.29, 1.82) is 0 Å². The number of halogens is 3. The molecule has 0 unspecified atom stereocenters. The predicted molar refractivity (Wildman–Crippen MR) is 61.2 cm³/mol. The highest BCUT2D eigenvalue weighted by Crippen LogP contribution is 2.29. The molecule has 1 atom stereocenters. The van der Waals surface area contributed by atoms with Gasteiger partial charge >= 0.3 is 11.5 Å². The van der Waals surface area contributed by atoms with Gasteiger partial charge in [-0.15, -0.1) is 0 Å². The van der Waals surface area contributed by atoms with E-state index in [1.165, 1.54) is 31.2 Å². The minimum atomic E-state index is -5.35. The number of sulfone groups is 1. The van der Waals surface area contributed by atoms with Gasteiger partial charge in [0.05, 0.1) is 11.7 Å². The first-order valence-electron chi connectivity index (χ1n) is 5.16. The second kappa shape index (κ2) is 5.20. The van der Waals surface area contributed by atoms with Crippen molar-refractivity contribution in [3.63, 3.8) is 0 Å². The van der Waals surface area contributed by atoms with Gasteiger partial charge in [-0.1, -0.05) is 24.3 Å². The monoisotopic (exact) mass is 296 g/mol. The molecule has 0 spiro atoms. The zero-order chi connectivity index (χ0) is 14.8. The SMILES string of the molecule is C[C@H](C(=O)O)c1ccccc1CS(=O)(=O)C(F)(F)F. The van der Waals surface area contributed by atoms with Crippen molar-refractivity contribution in [1.82, 2.24) is 0 Å². The number of alkyl halides is 3. The lowest BCUT2D eigenvalue weighted by Crippen LogP contribution is -2.25. The summed E-state index contributed by atoms with van der Waals surface area (Å²) in [4.78, 5) is 10.8. The minimum absolute atomic E-state index is 0.0582. The van der Waals surface area contributed by atoms with Crippen molar-refractivity contribution < 1.29 is 31.5 Å². The fourth-order valence-corrected chi connectivity index (χ4v) is 2.34. The molecule has 4 nitrogen and oxygen atoms in total. The van der Waals surface area contributed by atoms with Crippen LogP contribution < -0.4 is 0 Å². The third-order valence-corrected chi connectivity index (χ3v) is 3.99. The van der Waals surface area contributed by atoms with E-state index in [-0.39, 0.29) is 11.1 Å². The fourth-order valence-electron chi connectivity index (χ4n) is 1.51. The molecule has 19 heavy (non-hydrogen) atoms. The molecular weight excluding hydrogens is 285 g/mol. The molecule has 106 valence electrons. The average Bonchev–Trinajstić information content (AvgIpc) is 2.26. The number of carbonyl (C=O) groups is 1. The molecule has 0 bridgehead atoms. The first kappa shape index (κ1) is 15.5. The third-order valence-electron chi connectivity index (χ3n) is 2.59. The Balaban J connectivity index is 3.20. The van der Waals surface area contributed by atoms with Crippen LogP contribution in [0.5, 0.6) is 0 Å². The number of carboxylic acid groups (broad SMARTS) is 1. The van der Waals surface area contributed by atoms with Gasteiger partial charge in [-0.3, -0.25) is 4.79 Å². The van der Waals surface area contributed by atoms with Crippen molar-refractivity contribution >= 4 is 15.8 Å². The van der Waals surface area contributed by atoms with Gasteiger partial charge in [0.25, 0.3) is 9.84 Å². The van der Waals surface area contributed by atoms with E-state index in [1.807, 2.05) is 0 Å². The molecule has 0 aliphatic heterocycles. The molecule has 0 radical (unpaired) electrons. The van der Waals surface area contributed by atoms with Crippen LogP contribution in [0.4, 0.5) is 13.2 Å². The second-order valence-corrected chi connectivity index (χ2v) is 5.94. The standard InChI is InChI=1S/C11H11F3O4S/c1-7(10(15)16)9-5-3-2-4-8(9)6-19(17,18)11(12,13)14/h2-5,7H,6H2,1H3,(H,15,16)/t7-/m0/s1. The number of rotatable bonds is 4. The van der Waals surface area contributed by atoms with Crippen LogP contribution in [0, 0.1) is 0 Å². The Morgan fingerprint density at radius 1 is 1.32 bits per heavy atom. The molecule has 0 fully saturated rings. The number of hydrogen-bond donors (Lipinski definition) is 1. The summed E-state index contributed by atoms with van der Waals surface area (Å²) in [5, 5.41) is 8.85. The van der Waals surface area contributed by atoms with Gasteiger partial charge in [-0.05, 0) is 18.1 Å². The Bertz CT molecular complexity index is 578. The van der Waals surface area contributed by atoms with Gasteiger partial charge in [0.15, 0.2) is 0 Å². The number of carboxylic acids is 1. The Labute approximate surface area is 107 Å². The van der Waals surface area contributed by atoms with Crippen molar-refractivity contribution in [3.05, 3.63) is 35.4 Å². The highest BCUT2D eigenvalue weighted by molar-refractivity contribution is 7.91. The molecule has 0 amide bonds. The summed E-state index contributed by atoms with van der Waals surface area (Å²) in [6.45, 7) is 1.28. The lowest BCUT2D eigenvalue weighted by molar-refractivity contribution is -0.138. The second-order valence-electron chi connectivity index (χ2n) is 3.96. The van der Waals surface area contributed by atoms with E-state index in [0.29, 0.717) is 0 Å². The topological polar surface area (TPSA) is 71.4 Å². The highest BCUT2D eigenvalue weighted by atomic mass is 32.2. The lowest BCUT2D eigenvalue weighted by Gasteiger charge is -2.14. The minimum Gasteiger partial charge on any atom is -0.481 e. The zero-order valence-electron chi connectivity index (χ0n) is 9.81. The van der Waals surface area contributed by atoms with E-state index < -0.39 is 33.0 Å². The Morgan fingerprint density at radius 3 is 2.32 bits per heavy atom. The maximum absolute atomic E-state index is 12.3. The maximum Gasteiger partial charge on any atom is 0.497 e. The van der Waals surface area contributed by atoms with Crippen molar-refractivity contribution in [2.24, 2.45) is 0 Å². The van der Waals surface area contributed by atoms with Crippen LogP contribution in [0.15, 0.2) is 24.3 Å². The molecule has 0 heterocycles. The van der Waals surface area contributed by atoms with Crippen LogP contribution in [0.25, 0.3) is 0 Å². The smallest absolute Gasteiger partial charge is 0.481 e. The molecular formula is C11H11F3O4S. The predicted octanol–water partition coefficient (Wildman–Crippen LogP) is 2.31. The summed E-state index contributed by atoms with van der Waals surface area (Å²) in [5.74, 6) is -3.58. The van der Waals surface area contributed by atoms with Crippen LogP contribution >= 0.6 is 0 Å². The zero-order valence-corrected chi connectivity index (χ0v) is 10.6. The number of hydrogen-bond acceptors (Lipinski definition) is 3. The Hall–Kier alpha value is -1.57. The van der Waals surface area contributed by atoms with E-state index in [1.54, 1.807) is 0 Å². The molecule has 0 saturated carbocycles. The number of benzene rings is 1. The first-order valence-corrected chi connectivity index (χ1v) is 6.81. The van der Waals surface area contributed by atoms with Crippen LogP contribution in [-0.4, -0.2) is 25.0 Å². The molecule has 1 rings (SSSR count). The Morgan fingerprint density at radius 2 is 1.84 bits per heavy atom. The van der Waals surface area contributed by atoms with Crippen molar-refractivity contribution in [3.8, 4) is 0 Å². The molecule has 1 aromatic carbocycles. The van der Waals surface area contributed by atoms with Gasteiger partial charge in [0.2, 0.25) is 0 Å². The molecule has 0 aromatic heterocycles. The van der Waals surface area contributed by atoms with Crippen LogP contribution in [0.2, 0.25) is 0 Å². The molecule has 0 saturated heterocycles. The summed E-state index contributed by atoms with van der Waals surface area (Å²) in [7, 11) is -5.33. The van der Waals surface area contributed by atoms with Gasteiger partial charge in [-0.2, -0.15) is 13.2 Å². The fraction of sp³-hybridized carbons (Fsp3) is 0.364. The quantitative estimate of drug-likeness (QED) is 0.925. The van der Waals surface area contributed by atoms with Crippen molar-refractivity contribution in [2.75, 3.05) is 0 Å². The van der Waals surface area contributed by atoms with E-state index in [4.69, 9.17) is 5.11 Å². The highest BCUT2D eigenvalue weighted by Gasteiger charge is 2.45. The third kappa shape index (κ3) is 3.46. The lowest BCUT2D eigenvalue weighted by atomic mass is 9.97. The van der Waals surface area contributed by atoms with Crippen LogP contribution in [-0.2, 0) is 20.4 Å². The van der Waals surface area contributed by atoms with Crippen LogP contribution in [0.3, 0.4) is 0 Å². The summed E-state index contributed by atoms with van der Waals surface area (Å²) >= 11 is 0. The summed E-state index contributed by atoms with van der Waals surface area (Å²) in [6.07, 6.45) is 0. The molecule has 0 aliphatic carbocycles. The first-order chi connectivity index (χ1) is 8.56. The number of aliphatic carboxylic acids is 1. The van der Waals surface area contributed by atoms with Gasteiger partial charge < -0.3 is 5.11 Å². The van der Waals surface area contributed by atoms with Gasteiger partial charge in [0.1, 0.15) is 0 Å². The van der Waals surface area contributed by atoms with E-state index >= 15 is 0 Å². The Kier molecular flexibility index (Phi) is 4.24. The van der Waals surface area contributed by atoms with Crippen molar-refractivity contribution in [2.45, 2.75) is 24.1 Å². The normalized spacial score (nSPS) is 14.1. The van der Waals surface area contributed by atoms with Crippen LogP contribution in [0.1, 0.15) is 24.0 Å². The summed E-state index contributed by atoms with van der Waals surface area (Å²) in [5.41, 5.74) is -5.45. The maximum atomic E-state index is 12.3. The molecule has 1 aromatic rings. The largest absolute Gasteiger partial charge is 0.497 e. The van der Waals surface area contributed by atoms with E-state index in [9.17, 15) is 26.4 Å². The molecule has 0 aliphatic rings. The van der Waals surface area contributed by atoms with Gasteiger partial charge in [0, 0.05) is 0 Å². The summed E-state index contributed by atoms with van der Waals surface area (Å²) < 4.78 is 59.1. The molecule has 1 N–H and O–H groups in total. The van der Waals surface area contributed by atoms with E-state index in [0.717, 1.165) is 0 Å². The molecule has 8 heteroatoms. The summed E-state index contributed by atoms with van der Waals surface area (Å²) in [6, 6.07) is 5.29. The van der Waals surface area contributed by atoms with E-state index in [2.05, 4.69) is 0 Å².